The first-order valence-electron chi connectivity index (χ1n) is 14.8. The van der Waals surface area contributed by atoms with Gasteiger partial charge < -0.3 is 33.6 Å². The molecule has 0 unspecified atom stereocenters. The monoisotopic (exact) mass is 609 g/mol. The average Bonchev–Trinajstić information content (AvgIpc) is 3.56. The molecule has 11 nitrogen and oxygen atoms in total. The van der Waals surface area contributed by atoms with Crippen LogP contribution in [0.4, 0.5) is 5.82 Å². The summed E-state index contributed by atoms with van der Waals surface area (Å²) < 4.78 is 21.8. The summed E-state index contributed by atoms with van der Waals surface area (Å²) in [7, 11) is 3.22. The van der Waals surface area contributed by atoms with Crippen molar-refractivity contribution >= 4 is 17.6 Å². The summed E-state index contributed by atoms with van der Waals surface area (Å²) in [6.45, 7) is 2.68. The Morgan fingerprint density at radius 2 is 1.62 bits per heavy atom. The minimum atomic E-state index is -0.116. The zero-order valence-corrected chi connectivity index (χ0v) is 25.3. The standard InChI is InChI=1S/C34H35N5O6/c1-42-26-9-10-27(30(20-26)43-2)28-11-13-32(36-35-28)37-14-16-38(17-15-37)34(41)22-39(33(40)19-24-6-4-3-5-7-24)21-25-8-12-29-31(18-25)45-23-44-29/h3-13,18,20H,14-17,19,21-23H2,1-2H3. The highest BCUT2D eigenvalue weighted by molar-refractivity contribution is 5.86. The number of piperazine rings is 1. The van der Waals surface area contributed by atoms with E-state index in [1.807, 2.05) is 83.8 Å². The molecule has 0 aliphatic carbocycles. The largest absolute Gasteiger partial charge is 0.497 e. The Labute approximate surface area is 261 Å². The van der Waals surface area contributed by atoms with Gasteiger partial charge in [0.05, 0.1) is 26.3 Å². The van der Waals surface area contributed by atoms with Gasteiger partial charge in [0, 0.05) is 44.4 Å². The zero-order valence-electron chi connectivity index (χ0n) is 25.3. The van der Waals surface area contributed by atoms with E-state index in [-0.39, 0.29) is 38.1 Å². The molecule has 3 heterocycles. The molecular formula is C34H35N5O6. The summed E-state index contributed by atoms with van der Waals surface area (Å²) in [5, 5.41) is 8.91. The van der Waals surface area contributed by atoms with Crippen molar-refractivity contribution < 1.29 is 28.5 Å². The van der Waals surface area contributed by atoms with Crippen molar-refractivity contribution in [1.82, 2.24) is 20.0 Å². The quantitative estimate of drug-likeness (QED) is 0.265. The van der Waals surface area contributed by atoms with Crippen LogP contribution in [0.1, 0.15) is 11.1 Å². The van der Waals surface area contributed by atoms with Gasteiger partial charge in [-0.3, -0.25) is 9.59 Å². The van der Waals surface area contributed by atoms with E-state index in [0.29, 0.717) is 54.9 Å². The molecule has 4 aromatic rings. The molecule has 0 N–H and O–H groups in total. The molecule has 11 heteroatoms. The summed E-state index contributed by atoms with van der Waals surface area (Å²) in [6, 6.07) is 24.6. The molecule has 0 bridgehead atoms. The lowest BCUT2D eigenvalue weighted by molar-refractivity contribution is -0.140. The second-order valence-electron chi connectivity index (χ2n) is 10.8. The molecule has 0 radical (unpaired) electrons. The Bertz CT molecular complexity index is 1640. The molecule has 1 saturated heterocycles. The number of anilines is 1. The third-order valence-corrected chi connectivity index (χ3v) is 7.98. The van der Waals surface area contributed by atoms with Crippen LogP contribution in [0.2, 0.25) is 0 Å². The number of hydrogen-bond donors (Lipinski definition) is 0. The van der Waals surface area contributed by atoms with Crippen molar-refractivity contribution in [3.8, 4) is 34.3 Å². The second-order valence-corrected chi connectivity index (χ2v) is 10.8. The van der Waals surface area contributed by atoms with E-state index >= 15 is 0 Å². The predicted octanol–water partition coefficient (Wildman–Crippen LogP) is 3.81. The van der Waals surface area contributed by atoms with Crippen LogP contribution < -0.4 is 23.8 Å². The predicted molar refractivity (Wildman–Crippen MR) is 167 cm³/mol. The molecule has 0 spiro atoms. The van der Waals surface area contributed by atoms with Gasteiger partial charge in [0.1, 0.15) is 18.0 Å². The number of carbonyl (C=O) groups is 2. The van der Waals surface area contributed by atoms with Gasteiger partial charge in [0.25, 0.3) is 0 Å². The molecule has 0 atom stereocenters. The maximum absolute atomic E-state index is 13.5. The van der Waals surface area contributed by atoms with Gasteiger partial charge in [-0.05, 0) is 47.5 Å². The summed E-state index contributed by atoms with van der Waals surface area (Å²) in [5.74, 6) is 3.20. The Morgan fingerprint density at radius 1 is 0.822 bits per heavy atom. The highest BCUT2D eigenvalue weighted by atomic mass is 16.7. The maximum atomic E-state index is 13.5. The van der Waals surface area contributed by atoms with Crippen LogP contribution >= 0.6 is 0 Å². The summed E-state index contributed by atoms with van der Waals surface area (Å²) in [4.78, 5) is 32.5. The van der Waals surface area contributed by atoms with Crippen LogP contribution in [0.5, 0.6) is 23.0 Å². The molecule has 1 aromatic heterocycles. The molecule has 232 valence electrons. The third kappa shape index (κ3) is 6.93. The van der Waals surface area contributed by atoms with Crippen molar-refractivity contribution in [3.63, 3.8) is 0 Å². The fourth-order valence-corrected chi connectivity index (χ4v) is 5.47. The number of aromatic nitrogens is 2. The number of carbonyl (C=O) groups excluding carboxylic acids is 2. The number of benzene rings is 3. The number of amides is 2. The average molecular weight is 610 g/mol. The maximum Gasteiger partial charge on any atom is 0.242 e. The molecule has 2 aliphatic heterocycles. The molecule has 1 fully saturated rings. The Balaban J connectivity index is 1.09. The van der Waals surface area contributed by atoms with Gasteiger partial charge in [-0.1, -0.05) is 36.4 Å². The SMILES string of the molecule is COc1ccc(-c2ccc(N3CCN(C(=O)CN(Cc4ccc5c(c4)OCO5)C(=O)Cc4ccccc4)CC3)nn2)c(OC)c1. The van der Waals surface area contributed by atoms with Crippen LogP contribution in [0.15, 0.2) is 78.9 Å². The number of ether oxygens (including phenoxy) is 4. The lowest BCUT2D eigenvalue weighted by Crippen LogP contribution is -2.52. The van der Waals surface area contributed by atoms with E-state index in [2.05, 4.69) is 15.1 Å². The van der Waals surface area contributed by atoms with Gasteiger partial charge in [-0.25, -0.2) is 0 Å². The van der Waals surface area contributed by atoms with E-state index in [4.69, 9.17) is 18.9 Å². The first-order chi connectivity index (χ1) is 22.0. The number of rotatable bonds is 10. The minimum absolute atomic E-state index is 0.0156. The van der Waals surface area contributed by atoms with E-state index in [1.54, 1.807) is 19.1 Å². The lowest BCUT2D eigenvalue weighted by Gasteiger charge is -2.36. The molecule has 0 saturated carbocycles. The first kappa shape index (κ1) is 29.7. The fourth-order valence-electron chi connectivity index (χ4n) is 5.47. The van der Waals surface area contributed by atoms with Crippen LogP contribution in [-0.4, -0.2) is 85.5 Å². The number of fused-ring (bicyclic) bond motifs is 1. The Hall–Kier alpha value is -5.32. The normalized spacial score (nSPS) is 13.8. The van der Waals surface area contributed by atoms with Crippen LogP contribution in [0.25, 0.3) is 11.3 Å². The fraction of sp³-hybridized carbons (Fsp3) is 0.294. The zero-order chi connectivity index (χ0) is 31.2. The number of methoxy groups -OCH3 is 2. The smallest absolute Gasteiger partial charge is 0.242 e. The van der Waals surface area contributed by atoms with Crippen LogP contribution in [-0.2, 0) is 22.6 Å². The van der Waals surface area contributed by atoms with Gasteiger partial charge >= 0.3 is 0 Å². The number of nitrogens with zero attached hydrogens (tertiary/aromatic N) is 5. The first-order valence-corrected chi connectivity index (χ1v) is 14.8. The van der Waals surface area contributed by atoms with Crippen molar-refractivity contribution in [2.45, 2.75) is 13.0 Å². The molecule has 2 aliphatic rings. The van der Waals surface area contributed by atoms with Crippen molar-refractivity contribution in [3.05, 3.63) is 90.0 Å². The van der Waals surface area contributed by atoms with E-state index in [9.17, 15) is 9.59 Å². The highest BCUT2D eigenvalue weighted by Crippen LogP contribution is 2.34. The molecule has 45 heavy (non-hydrogen) atoms. The van der Waals surface area contributed by atoms with E-state index in [1.165, 1.54) is 0 Å². The Kier molecular flexibility index (Phi) is 8.95. The Morgan fingerprint density at radius 3 is 2.36 bits per heavy atom. The highest BCUT2D eigenvalue weighted by Gasteiger charge is 2.26. The van der Waals surface area contributed by atoms with E-state index in [0.717, 1.165) is 22.5 Å². The van der Waals surface area contributed by atoms with Gasteiger partial charge in [-0.15, -0.1) is 10.2 Å². The summed E-state index contributed by atoms with van der Waals surface area (Å²) in [6.07, 6.45) is 0.212. The second kappa shape index (κ2) is 13.5. The van der Waals surface area contributed by atoms with Crippen molar-refractivity contribution in [2.24, 2.45) is 0 Å². The van der Waals surface area contributed by atoms with Gasteiger partial charge in [0.15, 0.2) is 17.3 Å². The molecular weight excluding hydrogens is 574 g/mol. The lowest BCUT2D eigenvalue weighted by atomic mass is 10.1. The van der Waals surface area contributed by atoms with Crippen molar-refractivity contribution in [1.29, 1.82) is 0 Å². The molecule has 2 amide bonds. The third-order valence-electron chi connectivity index (χ3n) is 7.98. The van der Waals surface area contributed by atoms with Gasteiger partial charge in [-0.2, -0.15) is 0 Å². The van der Waals surface area contributed by atoms with Crippen molar-refractivity contribution in [2.75, 3.05) is 58.6 Å². The topological polar surface area (TPSA) is 107 Å². The van der Waals surface area contributed by atoms with Crippen LogP contribution in [0, 0.1) is 0 Å². The molecule has 6 rings (SSSR count). The van der Waals surface area contributed by atoms with Crippen LogP contribution in [0.3, 0.4) is 0 Å². The summed E-state index contributed by atoms with van der Waals surface area (Å²) >= 11 is 0. The minimum Gasteiger partial charge on any atom is -0.497 e. The molecule has 3 aromatic carbocycles. The number of hydrogen-bond acceptors (Lipinski definition) is 9. The summed E-state index contributed by atoms with van der Waals surface area (Å²) in [5.41, 5.74) is 3.28. The van der Waals surface area contributed by atoms with Gasteiger partial charge in [0.2, 0.25) is 18.6 Å². The van der Waals surface area contributed by atoms with E-state index < -0.39 is 0 Å².